The first-order valence-electron chi connectivity index (χ1n) is 8.86. The van der Waals surface area contributed by atoms with E-state index in [1.54, 1.807) is 6.07 Å². The summed E-state index contributed by atoms with van der Waals surface area (Å²) in [5, 5.41) is 8.62. The zero-order valence-electron chi connectivity index (χ0n) is 14.6. The minimum Gasteiger partial charge on any atom is -0.360 e. The van der Waals surface area contributed by atoms with Crippen LogP contribution in [0.3, 0.4) is 0 Å². The Morgan fingerprint density at radius 2 is 2.04 bits per heavy atom. The predicted octanol–water partition coefficient (Wildman–Crippen LogP) is 4.01. The first-order chi connectivity index (χ1) is 13.2. The summed E-state index contributed by atoms with van der Waals surface area (Å²) in [5.74, 6) is 0.445. The fourth-order valence-corrected chi connectivity index (χ4v) is 3.95. The van der Waals surface area contributed by atoms with Gasteiger partial charge in [-0.3, -0.25) is 9.59 Å². The van der Waals surface area contributed by atoms with Gasteiger partial charge in [-0.1, -0.05) is 29.4 Å². The van der Waals surface area contributed by atoms with Crippen LogP contribution >= 0.6 is 11.3 Å². The topological polar surface area (TPSA) is 75.4 Å². The quantitative estimate of drug-likeness (QED) is 0.741. The van der Waals surface area contributed by atoms with Crippen molar-refractivity contribution in [3.8, 4) is 0 Å². The second-order valence-corrected chi connectivity index (χ2v) is 7.45. The number of amides is 2. The Morgan fingerprint density at radius 1 is 1.19 bits per heavy atom. The van der Waals surface area contributed by atoms with Crippen molar-refractivity contribution in [3.05, 3.63) is 70.2 Å². The molecular formula is C20H19N3O3S. The summed E-state index contributed by atoms with van der Waals surface area (Å²) >= 11 is 1.45. The predicted molar refractivity (Wildman–Crippen MR) is 103 cm³/mol. The van der Waals surface area contributed by atoms with Crippen LogP contribution in [0.25, 0.3) is 0 Å². The zero-order valence-corrected chi connectivity index (χ0v) is 15.4. The van der Waals surface area contributed by atoms with Crippen molar-refractivity contribution >= 4 is 28.8 Å². The fourth-order valence-electron chi connectivity index (χ4n) is 3.26. The minimum atomic E-state index is -0.307. The molecule has 0 spiro atoms. The second-order valence-electron chi connectivity index (χ2n) is 6.50. The van der Waals surface area contributed by atoms with Gasteiger partial charge < -0.3 is 14.7 Å². The molecule has 7 heteroatoms. The Bertz CT molecular complexity index is 921. The normalized spacial score (nSPS) is 16.9. The molecule has 0 radical (unpaired) electrons. The zero-order chi connectivity index (χ0) is 18.6. The van der Waals surface area contributed by atoms with Gasteiger partial charge in [-0.15, -0.1) is 11.3 Å². The molecule has 1 saturated heterocycles. The van der Waals surface area contributed by atoms with Gasteiger partial charge in [-0.2, -0.15) is 0 Å². The van der Waals surface area contributed by atoms with E-state index in [4.69, 9.17) is 4.52 Å². The van der Waals surface area contributed by atoms with Gasteiger partial charge in [0, 0.05) is 30.8 Å². The van der Waals surface area contributed by atoms with E-state index in [0.29, 0.717) is 18.0 Å². The highest BCUT2D eigenvalue weighted by molar-refractivity contribution is 7.12. The molecule has 2 amide bonds. The van der Waals surface area contributed by atoms with E-state index in [1.165, 1.54) is 11.3 Å². The Kier molecular flexibility index (Phi) is 5.02. The summed E-state index contributed by atoms with van der Waals surface area (Å²) in [7, 11) is 0. The molecule has 6 nitrogen and oxygen atoms in total. The molecule has 0 aliphatic carbocycles. The van der Waals surface area contributed by atoms with Crippen LogP contribution in [0.1, 0.15) is 44.7 Å². The number of piperidine rings is 1. The van der Waals surface area contributed by atoms with Crippen LogP contribution < -0.4 is 5.32 Å². The van der Waals surface area contributed by atoms with Gasteiger partial charge in [0.05, 0.1) is 4.88 Å². The number of para-hydroxylation sites is 1. The van der Waals surface area contributed by atoms with Crippen LogP contribution in [0, 0.1) is 0 Å². The number of hydrogen-bond acceptors (Lipinski definition) is 5. The number of thiophene rings is 1. The fraction of sp³-hybridized carbons (Fsp3) is 0.250. The number of carbonyl (C=O) groups is 2. The molecule has 1 N–H and O–H groups in total. The summed E-state index contributed by atoms with van der Waals surface area (Å²) in [4.78, 5) is 27.5. The van der Waals surface area contributed by atoms with E-state index >= 15 is 0 Å². The summed E-state index contributed by atoms with van der Waals surface area (Å²) < 4.78 is 5.44. The van der Waals surface area contributed by atoms with Crippen molar-refractivity contribution in [1.29, 1.82) is 0 Å². The smallest absolute Gasteiger partial charge is 0.277 e. The van der Waals surface area contributed by atoms with Crippen LogP contribution in [0.5, 0.6) is 0 Å². The van der Waals surface area contributed by atoms with Gasteiger partial charge in [0.25, 0.3) is 11.8 Å². The molecule has 1 aliphatic heterocycles. The van der Waals surface area contributed by atoms with Crippen LogP contribution in [0.2, 0.25) is 0 Å². The summed E-state index contributed by atoms with van der Waals surface area (Å²) in [6.45, 7) is 1.31. The average Bonchev–Trinajstić information content (AvgIpc) is 3.40. The lowest BCUT2D eigenvalue weighted by Gasteiger charge is -2.31. The molecule has 1 fully saturated rings. The lowest BCUT2D eigenvalue weighted by atomic mass is 9.95. The Balaban J connectivity index is 1.43. The summed E-state index contributed by atoms with van der Waals surface area (Å²) in [6.07, 6.45) is 1.80. The van der Waals surface area contributed by atoms with E-state index in [0.717, 1.165) is 24.3 Å². The SMILES string of the molecule is O=C(Nc1ccccc1)c1cc(C2CCCN(C(=O)c3cccs3)C2)on1. The number of rotatable bonds is 4. The molecule has 1 unspecified atom stereocenters. The standard InChI is InChI=1S/C20H19N3O3S/c24-19(21-15-7-2-1-3-8-15)16-12-17(26-22-16)14-6-4-10-23(13-14)20(25)18-9-5-11-27-18/h1-3,5,7-9,11-12,14H,4,6,10,13H2,(H,21,24). The summed E-state index contributed by atoms with van der Waals surface area (Å²) in [5.41, 5.74) is 0.952. The van der Waals surface area contributed by atoms with Crippen LogP contribution in [-0.4, -0.2) is 35.0 Å². The number of likely N-dealkylation sites (tertiary alicyclic amines) is 1. The third-order valence-electron chi connectivity index (χ3n) is 4.64. The maximum absolute atomic E-state index is 12.6. The Hall–Kier alpha value is -2.93. The van der Waals surface area contributed by atoms with Gasteiger partial charge in [-0.25, -0.2) is 0 Å². The van der Waals surface area contributed by atoms with Gasteiger partial charge in [0.2, 0.25) is 0 Å². The largest absolute Gasteiger partial charge is 0.360 e. The first-order valence-corrected chi connectivity index (χ1v) is 9.74. The monoisotopic (exact) mass is 381 g/mol. The van der Waals surface area contributed by atoms with E-state index in [1.807, 2.05) is 52.7 Å². The number of hydrogen-bond donors (Lipinski definition) is 1. The van der Waals surface area contributed by atoms with Crippen LogP contribution in [0.4, 0.5) is 5.69 Å². The van der Waals surface area contributed by atoms with Crippen molar-refractivity contribution in [1.82, 2.24) is 10.1 Å². The summed E-state index contributed by atoms with van der Waals surface area (Å²) in [6, 6.07) is 14.6. The highest BCUT2D eigenvalue weighted by Gasteiger charge is 2.29. The molecule has 27 heavy (non-hydrogen) atoms. The molecule has 4 rings (SSSR count). The number of nitrogens with zero attached hydrogens (tertiary/aromatic N) is 2. The van der Waals surface area contributed by atoms with Gasteiger partial charge in [0.15, 0.2) is 5.69 Å². The highest BCUT2D eigenvalue weighted by atomic mass is 32.1. The first kappa shape index (κ1) is 17.5. The van der Waals surface area contributed by atoms with E-state index in [9.17, 15) is 9.59 Å². The van der Waals surface area contributed by atoms with Crippen LogP contribution in [-0.2, 0) is 0 Å². The van der Waals surface area contributed by atoms with Gasteiger partial charge in [0.1, 0.15) is 5.76 Å². The third-order valence-corrected chi connectivity index (χ3v) is 5.49. The van der Waals surface area contributed by atoms with E-state index in [2.05, 4.69) is 10.5 Å². The van der Waals surface area contributed by atoms with E-state index < -0.39 is 0 Å². The lowest BCUT2D eigenvalue weighted by Crippen LogP contribution is -2.38. The van der Waals surface area contributed by atoms with Crippen molar-refractivity contribution in [3.63, 3.8) is 0 Å². The van der Waals surface area contributed by atoms with Gasteiger partial charge in [-0.05, 0) is 36.4 Å². The maximum Gasteiger partial charge on any atom is 0.277 e. The number of anilines is 1. The van der Waals surface area contributed by atoms with Gasteiger partial charge >= 0.3 is 0 Å². The molecule has 0 bridgehead atoms. The second kappa shape index (κ2) is 7.75. The number of nitrogens with one attached hydrogen (secondary N) is 1. The molecule has 1 aliphatic rings. The number of aromatic nitrogens is 1. The Morgan fingerprint density at radius 3 is 2.81 bits per heavy atom. The molecule has 3 heterocycles. The molecule has 138 valence electrons. The molecule has 0 saturated carbocycles. The van der Waals surface area contributed by atoms with Crippen molar-refractivity contribution in [2.45, 2.75) is 18.8 Å². The van der Waals surface area contributed by atoms with Crippen molar-refractivity contribution in [2.24, 2.45) is 0 Å². The van der Waals surface area contributed by atoms with Crippen molar-refractivity contribution < 1.29 is 14.1 Å². The Labute approximate surface area is 160 Å². The molecule has 2 aromatic heterocycles. The molecule has 1 atom stereocenters. The maximum atomic E-state index is 12.6. The average molecular weight is 381 g/mol. The lowest BCUT2D eigenvalue weighted by molar-refractivity contribution is 0.0702. The third kappa shape index (κ3) is 3.93. The number of carbonyl (C=O) groups excluding carboxylic acids is 2. The van der Waals surface area contributed by atoms with E-state index in [-0.39, 0.29) is 23.4 Å². The van der Waals surface area contributed by atoms with Crippen molar-refractivity contribution in [2.75, 3.05) is 18.4 Å². The van der Waals surface area contributed by atoms with Crippen LogP contribution in [0.15, 0.2) is 58.4 Å². The molecule has 1 aromatic carbocycles. The molecular weight excluding hydrogens is 362 g/mol. The molecule has 3 aromatic rings. The minimum absolute atomic E-state index is 0.0495. The number of benzene rings is 1. The highest BCUT2D eigenvalue weighted by Crippen LogP contribution is 2.29.